The second kappa shape index (κ2) is 7.40. The van der Waals surface area contributed by atoms with E-state index in [1.54, 1.807) is 0 Å². The third-order valence-corrected chi connectivity index (χ3v) is 4.34. The number of carbonyl (C=O) groups excluding carboxylic acids is 2. The van der Waals surface area contributed by atoms with Crippen molar-refractivity contribution >= 4 is 33.4 Å². The Hall–Kier alpha value is -3.14. The highest BCUT2D eigenvalue weighted by Gasteiger charge is 2.24. The van der Waals surface area contributed by atoms with Crippen molar-refractivity contribution in [2.75, 3.05) is 7.11 Å². The molecular weight excluding hydrogens is 326 g/mol. The average Bonchev–Trinajstić information content (AvgIpc) is 2.64. The van der Waals surface area contributed by atoms with Crippen LogP contribution in [0.3, 0.4) is 0 Å². The van der Waals surface area contributed by atoms with Crippen LogP contribution in [-0.2, 0) is 9.53 Å². The van der Waals surface area contributed by atoms with Crippen molar-refractivity contribution in [2.24, 2.45) is 0 Å². The van der Waals surface area contributed by atoms with Gasteiger partial charge in [0.25, 0.3) is 5.91 Å². The lowest BCUT2D eigenvalue weighted by Crippen LogP contribution is -2.41. The zero-order valence-corrected chi connectivity index (χ0v) is 14.9. The molecule has 0 aromatic heterocycles. The van der Waals surface area contributed by atoms with Gasteiger partial charge in [0.1, 0.15) is 6.04 Å². The van der Waals surface area contributed by atoms with Gasteiger partial charge in [0.05, 0.1) is 12.7 Å². The molecule has 1 N–H and O–H groups in total. The zero-order valence-electron chi connectivity index (χ0n) is 14.9. The van der Waals surface area contributed by atoms with Crippen LogP contribution in [0.1, 0.15) is 23.7 Å². The number of carbonyl (C=O) groups is 2. The highest BCUT2D eigenvalue weighted by Crippen LogP contribution is 2.28. The molecule has 0 radical (unpaired) electrons. The number of fused-ring (bicyclic) bond motifs is 2. The first-order valence-corrected chi connectivity index (χ1v) is 8.45. The van der Waals surface area contributed by atoms with Crippen molar-refractivity contribution in [3.05, 3.63) is 72.3 Å². The van der Waals surface area contributed by atoms with Gasteiger partial charge in [-0.05, 0) is 41.0 Å². The van der Waals surface area contributed by atoms with E-state index in [0.717, 1.165) is 27.1 Å². The molecule has 1 atom stereocenters. The molecular formula is C22H21NO3. The number of ether oxygens (including phenoxy) is 1. The van der Waals surface area contributed by atoms with Gasteiger partial charge in [-0.25, -0.2) is 4.79 Å². The van der Waals surface area contributed by atoms with E-state index in [0.29, 0.717) is 12.0 Å². The first-order chi connectivity index (χ1) is 12.5. The normalized spacial score (nSPS) is 11.9. The van der Waals surface area contributed by atoms with Gasteiger partial charge in [0.2, 0.25) is 0 Å². The molecule has 3 rings (SSSR count). The first kappa shape index (κ1) is 17.7. The quantitative estimate of drug-likeness (QED) is 0.427. The minimum Gasteiger partial charge on any atom is -0.467 e. The number of esters is 1. The number of hydrogen-bond donors (Lipinski definition) is 1. The molecule has 0 unspecified atom stereocenters. The fraction of sp³-hybridized carbons (Fsp3) is 0.182. The van der Waals surface area contributed by atoms with Crippen molar-refractivity contribution in [3.8, 4) is 0 Å². The summed E-state index contributed by atoms with van der Waals surface area (Å²) in [7, 11) is 1.31. The van der Waals surface area contributed by atoms with Crippen LogP contribution in [-0.4, -0.2) is 25.0 Å². The van der Waals surface area contributed by atoms with Gasteiger partial charge in [-0.1, -0.05) is 54.1 Å². The summed E-state index contributed by atoms with van der Waals surface area (Å²) in [6.45, 7) is 5.65. The Bertz CT molecular complexity index is 953. The Morgan fingerprint density at radius 3 is 2.08 bits per heavy atom. The third kappa shape index (κ3) is 3.45. The summed E-state index contributed by atoms with van der Waals surface area (Å²) < 4.78 is 4.83. The van der Waals surface area contributed by atoms with Crippen molar-refractivity contribution in [3.63, 3.8) is 0 Å². The van der Waals surface area contributed by atoms with E-state index < -0.39 is 12.0 Å². The number of rotatable bonds is 5. The summed E-state index contributed by atoms with van der Waals surface area (Å²) >= 11 is 0. The van der Waals surface area contributed by atoms with E-state index >= 15 is 0 Å². The molecule has 0 fully saturated rings. The van der Waals surface area contributed by atoms with E-state index in [-0.39, 0.29) is 5.91 Å². The molecule has 26 heavy (non-hydrogen) atoms. The smallest absolute Gasteiger partial charge is 0.328 e. The lowest BCUT2D eigenvalue weighted by Gasteiger charge is -2.18. The van der Waals surface area contributed by atoms with Gasteiger partial charge in [-0.15, -0.1) is 6.58 Å². The number of benzene rings is 3. The Balaban J connectivity index is 2.11. The fourth-order valence-electron chi connectivity index (χ4n) is 3.17. The van der Waals surface area contributed by atoms with Crippen LogP contribution in [0.15, 0.2) is 66.7 Å². The lowest BCUT2D eigenvalue weighted by molar-refractivity contribution is -0.142. The molecule has 0 bridgehead atoms. The topological polar surface area (TPSA) is 55.4 Å². The number of methoxy groups -OCH3 is 1. The second-order valence-corrected chi connectivity index (χ2v) is 6.40. The van der Waals surface area contributed by atoms with Gasteiger partial charge in [0, 0.05) is 0 Å². The Kier molecular flexibility index (Phi) is 5.03. The van der Waals surface area contributed by atoms with Crippen molar-refractivity contribution in [1.29, 1.82) is 0 Å². The Labute approximate surface area is 152 Å². The van der Waals surface area contributed by atoms with Crippen LogP contribution in [0.4, 0.5) is 0 Å². The molecule has 132 valence electrons. The summed E-state index contributed by atoms with van der Waals surface area (Å²) in [4.78, 5) is 25.2. The summed E-state index contributed by atoms with van der Waals surface area (Å²) in [5.74, 6) is -0.777. The molecule has 0 spiro atoms. The monoisotopic (exact) mass is 347 g/mol. The maximum absolute atomic E-state index is 13.1. The van der Waals surface area contributed by atoms with Crippen LogP contribution in [0.5, 0.6) is 0 Å². The maximum atomic E-state index is 13.1. The summed E-state index contributed by atoms with van der Waals surface area (Å²) in [6, 6.07) is 16.8. The van der Waals surface area contributed by atoms with Gasteiger partial charge in [-0.2, -0.15) is 0 Å². The molecule has 0 saturated heterocycles. The van der Waals surface area contributed by atoms with Crippen molar-refractivity contribution < 1.29 is 14.3 Å². The largest absolute Gasteiger partial charge is 0.467 e. The van der Waals surface area contributed by atoms with Gasteiger partial charge >= 0.3 is 5.97 Å². The molecule has 1 amide bonds. The SMILES string of the molecule is C=C(C)C[C@@H](NC(=O)c1c2ccccc2cc2ccccc12)C(=O)OC. The predicted molar refractivity (Wildman–Crippen MR) is 104 cm³/mol. The summed E-state index contributed by atoms with van der Waals surface area (Å²) in [5.41, 5.74) is 1.36. The predicted octanol–water partition coefficient (Wildman–Crippen LogP) is 4.23. The molecule has 4 heteroatoms. The van der Waals surface area contributed by atoms with E-state index in [1.807, 2.05) is 55.5 Å². The van der Waals surface area contributed by atoms with Crippen LogP contribution in [0.2, 0.25) is 0 Å². The van der Waals surface area contributed by atoms with Crippen LogP contribution < -0.4 is 5.32 Å². The minimum absolute atomic E-state index is 0.297. The summed E-state index contributed by atoms with van der Waals surface area (Å²) in [6.07, 6.45) is 0.334. The fourth-order valence-corrected chi connectivity index (χ4v) is 3.17. The molecule has 0 heterocycles. The van der Waals surface area contributed by atoms with E-state index in [1.165, 1.54) is 7.11 Å². The van der Waals surface area contributed by atoms with Gasteiger partial charge in [0.15, 0.2) is 0 Å². The standard InChI is InChI=1S/C22H21NO3/c1-14(2)12-19(22(25)26-3)23-21(24)20-17-10-6-4-8-15(17)13-16-9-5-7-11-18(16)20/h4-11,13,19H,1,12H2,2-3H3,(H,23,24)/t19-/m1/s1. The number of hydrogen-bond acceptors (Lipinski definition) is 3. The number of amides is 1. The van der Waals surface area contributed by atoms with Gasteiger partial charge in [-0.3, -0.25) is 4.79 Å². The van der Waals surface area contributed by atoms with Crippen LogP contribution in [0.25, 0.3) is 21.5 Å². The lowest BCUT2D eigenvalue weighted by atomic mass is 9.96. The molecule has 0 aliphatic heterocycles. The molecule has 0 aliphatic rings. The van der Waals surface area contributed by atoms with Crippen molar-refractivity contribution in [2.45, 2.75) is 19.4 Å². The third-order valence-electron chi connectivity index (χ3n) is 4.34. The highest BCUT2D eigenvalue weighted by molar-refractivity contribution is 6.18. The van der Waals surface area contributed by atoms with E-state index in [2.05, 4.69) is 18.0 Å². The Morgan fingerprint density at radius 1 is 1.04 bits per heavy atom. The molecule has 4 nitrogen and oxygen atoms in total. The molecule has 3 aromatic carbocycles. The molecule has 0 saturated carbocycles. The van der Waals surface area contributed by atoms with E-state index in [4.69, 9.17) is 4.74 Å². The maximum Gasteiger partial charge on any atom is 0.328 e. The van der Waals surface area contributed by atoms with Crippen LogP contribution in [0, 0.1) is 0 Å². The van der Waals surface area contributed by atoms with Gasteiger partial charge < -0.3 is 10.1 Å². The molecule has 3 aromatic rings. The van der Waals surface area contributed by atoms with Crippen molar-refractivity contribution in [1.82, 2.24) is 5.32 Å². The average molecular weight is 347 g/mol. The number of nitrogens with one attached hydrogen (secondary N) is 1. The van der Waals surface area contributed by atoms with Crippen LogP contribution >= 0.6 is 0 Å². The Morgan fingerprint density at radius 2 is 1.58 bits per heavy atom. The summed E-state index contributed by atoms with van der Waals surface area (Å²) in [5, 5.41) is 6.48. The van der Waals surface area contributed by atoms with E-state index in [9.17, 15) is 9.59 Å². The first-order valence-electron chi connectivity index (χ1n) is 8.45. The zero-order chi connectivity index (χ0) is 18.7. The minimum atomic E-state index is -0.761. The second-order valence-electron chi connectivity index (χ2n) is 6.40. The highest BCUT2D eigenvalue weighted by atomic mass is 16.5. The molecule has 0 aliphatic carbocycles.